The Labute approximate surface area is 154 Å². The number of carbonyl (C=O) groups is 2. The van der Waals surface area contributed by atoms with Gasteiger partial charge in [0.05, 0.1) is 11.5 Å². The molecule has 0 fully saturated rings. The summed E-state index contributed by atoms with van der Waals surface area (Å²) in [5.74, 6) is 0.234. The summed E-state index contributed by atoms with van der Waals surface area (Å²) in [7, 11) is 0. The topological polar surface area (TPSA) is 58.2 Å². The number of thioether (sulfide) groups is 1. The summed E-state index contributed by atoms with van der Waals surface area (Å²) < 4.78 is 1.00. The minimum absolute atomic E-state index is 0.115. The van der Waals surface area contributed by atoms with Crippen molar-refractivity contribution in [1.82, 2.24) is 0 Å². The summed E-state index contributed by atoms with van der Waals surface area (Å²) in [6.45, 7) is 3.96. The van der Waals surface area contributed by atoms with Crippen molar-refractivity contribution in [2.75, 3.05) is 22.1 Å². The van der Waals surface area contributed by atoms with E-state index >= 15 is 0 Å². The van der Waals surface area contributed by atoms with E-state index in [1.807, 2.05) is 56.3 Å². The molecular weight excluding hydrogens is 388 g/mol. The maximum Gasteiger partial charge on any atom is 0.234 e. The van der Waals surface area contributed by atoms with E-state index in [-0.39, 0.29) is 23.3 Å². The first-order chi connectivity index (χ1) is 11.4. The zero-order valence-corrected chi connectivity index (χ0v) is 16.0. The lowest BCUT2D eigenvalue weighted by atomic mass is 10.2. The highest BCUT2D eigenvalue weighted by Crippen LogP contribution is 2.20. The van der Waals surface area contributed by atoms with Crippen molar-refractivity contribution in [3.63, 3.8) is 0 Å². The highest BCUT2D eigenvalue weighted by molar-refractivity contribution is 9.10. The second kappa shape index (κ2) is 8.89. The largest absolute Gasteiger partial charge is 0.325 e. The Balaban J connectivity index is 1.72. The third-order valence-electron chi connectivity index (χ3n) is 3.24. The molecule has 0 bridgehead atoms. The Morgan fingerprint density at radius 3 is 2.04 bits per heavy atom. The van der Waals surface area contributed by atoms with Crippen LogP contribution >= 0.6 is 27.7 Å². The van der Waals surface area contributed by atoms with Crippen molar-refractivity contribution < 1.29 is 9.59 Å². The third kappa shape index (κ3) is 6.02. The number of hydrogen-bond acceptors (Lipinski definition) is 3. The van der Waals surface area contributed by atoms with Gasteiger partial charge in [-0.3, -0.25) is 9.59 Å². The molecule has 2 rings (SSSR count). The van der Waals surface area contributed by atoms with Gasteiger partial charge in [-0.1, -0.05) is 33.6 Å². The van der Waals surface area contributed by atoms with Crippen molar-refractivity contribution >= 4 is 50.9 Å². The maximum absolute atomic E-state index is 11.9. The molecule has 0 atom stereocenters. The molecule has 0 saturated carbocycles. The standard InChI is InChI=1S/C18H19BrN2O2S/c1-12-3-5-14(6-4-12)20-17(22)10-24-11-18(23)21-15-7-8-16(19)13(2)9-15/h3-9H,10-11H2,1-2H3,(H,20,22)(H,21,23). The number of anilines is 2. The molecule has 0 spiro atoms. The fraction of sp³-hybridized carbons (Fsp3) is 0.222. The number of benzene rings is 2. The van der Waals surface area contributed by atoms with Crippen molar-refractivity contribution in [3.05, 3.63) is 58.1 Å². The number of carbonyl (C=O) groups excluding carboxylic acids is 2. The predicted octanol–water partition coefficient (Wildman–Crippen LogP) is 4.38. The van der Waals surface area contributed by atoms with E-state index in [4.69, 9.17) is 0 Å². The number of aryl methyl sites for hydroxylation is 2. The second-order valence-corrected chi connectivity index (χ2v) is 7.26. The molecule has 0 unspecified atom stereocenters. The van der Waals surface area contributed by atoms with Crippen LogP contribution in [0.3, 0.4) is 0 Å². The van der Waals surface area contributed by atoms with Gasteiger partial charge in [0.25, 0.3) is 0 Å². The van der Waals surface area contributed by atoms with Gasteiger partial charge in [0.1, 0.15) is 0 Å². The van der Waals surface area contributed by atoms with Crippen molar-refractivity contribution in [3.8, 4) is 0 Å². The molecule has 0 aliphatic carbocycles. The molecule has 0 aliphatic heterocycles. The molecule has 0 radical (unpaired) electrons. The molecule has 2 amide bonds. The zero-order chi connectivity index (χ0) is 17.5. The van der Waals surface area contributed by atoms with E-state index in [0.717, 1.165) is 27.0 Å². The van der Waals surface area contributed by atoms with Gasteiger partial charge in [0.2, 0.25) is 11.8 Å². The predicted molar refractivity (Wildman–Crippen MR) is 105 cm³/mol. The molecule has 2 aromatic rings. The molecule has 6 heteroatoms. The minimum atomic E-state index is -0.121. The molecule has 0 heterocycles. The van der Waals surface area contributed by atoms with Crippen LogP contribution in [0.5, 0.6) is 0 Å². The fourth-order valence-corrected chi connectivity index (χ4v) is 2.85. The first kappa shape index (κ1) is 18.5. The maximum atomic E-state index is 11.9. The molecule has 0 aromatic heterocycles. The Morgan fingerprint density at radius 1 is 0.917 bits per heavy atom. The van der Waals surface area contributed by atoms with Gasteiger partial charge in [0.15, 0.2) is 0 Å². The van der Waals surface area contributed by atoms with Crippen molar-refractivity contribution in [1.29, 1.82) is 0 Å². The van der Waals surface area contributed by atoms with E-state index < -0.39 is 0 Å². The summed E-state index contributed by atoms with van der Waals surface area (Å²) >= 11 is 4.71. The molecule has 2 N–H and O–H groups in total. The molecule has 126 valence electrons. The van der Waals surface area contributed by atoms with Crippen LogP contribution in [0.15, 0.2) is 46.9 Å². The molecule has 24 heavy (non-hydrogen) atoms. The Bertz CT molecular complexity index is 732. The van der Waals surface area contributed by atoms with Gasteiger partial charge in [-0.05, 0) is 49.7 Å². The second-order valence-electron chi connectivity index (χ2n) is 5.42. The average molecular weight is 407 g/mol. The van der Waals surface area contributed by atoms with E-state index in [1.165, 1.54) is 11.8 Å². The van der Waals surface area contributed by atoms with Gasteiger partial charge >= 0.3 is 0 Å². The van der Waals surface area contributed by atoms with Gasteiger partial charge in [-0.25, -0.2) is 0 Å². The van der Waals surface area contributed by atoms with Crippen molar-refractivity contribution in [2.45, 2.75) is 13.8 Å². The van der Waals surface area contributed by atoms with E-state index in [9.17, 15) is 9.59 Å². The van der Waals surface area contributed by atoms with Crippen LogP contribution in [0.1, 0.15) is 11.1 Å². The quantitative estimate of drug-likeness (QED) is 0.748. The van der Waals surface area contributed by atoms with Crippen LogP contribution in [-0.2, 0) is 9.59 Å². The molecule has 0 saturated heterocycles. The van der Waals surface area contributed by atoms with E-state index in [0.29, 0.717) is 0 Å². The monoisotopic (exact) mass is 406 g/mol. The average Bonchev–Trinajstić information content (AvgIpc) is 2.53. The highest BCUT2D eigenvalue weighted by atomic mass is 79.9. The lowest BCUT2D eigenvalue weighted by Gasteiger charge is -2.08. The normalized spacial score (nSPS) is 10.3. The van der Waals surface area contributed by atoms with E-state index in [2.05, 4.69) is 26.6 Å². The van der Waals surface area contributed by atoms with Crippen LogP contribution in [0.4, 0.5) is 11.4 Å². The number of nitrogens with one attached hydrogen (secondary N) is 2. The SMILES string of the molecule is Cc1ccc(NC(=O)CSCC(=O)Nc2ccc(Br)c(C)c2)cc1. The summed E-state index contributed by atoms with van der Waals surface area (Å²) in [5.41, 5.74) is 3.71. The zero-order valence-electron chi connectivity index (χ0n) is 13.6. The van der Waals surface area contributed by atoms with Gasteiger partial charge < -0.3 is 10.6 Å². The number of halogens is 1. The minimum Gasteiger partial charge on any atom is -0.325 e. The Hall–Kier alpha value is -1.79. The van der Waals surface area contributed by atoms with Gasteiger partial charge in [0, 0.05) is 15.8 Å². The summed E-state index contributed by atoms with van der Waals surface area (Å²) in [6.07, 6.45) is 0. The number of amides is 2. The van der Waals surface area contributed by atoms with Gasteiger partial charge in [-0.2, -0.15) is 0 Å². The Kier molecular flexibility index (Phi) is 6.87. The highest BCUT2D eigenvalue weighted by Gasteiger charge is 2.07. The Morgan fingerprint density at radius 2 is 1.46 bits per heavy atom. The number of rotatable bonds is 6. The van der Waals surface area contributed by atoms with Crippen LogP contribution < -0.4 is 10.6 Å². The fourth-order valence-electron chi connectivity index (χ4n) is 1.99. The summed E-state index contributed by atoms with van der Waals surface area (Å²) in [4.78, 5) is 23.8. The molecule has 2 aromatic carbocycles. The van der Waals surface area contributed by atoms with Crippen LogP contribution in [-0.4, -0.2) is 23.3 Å². The molecule has 4 nitrogen and oxygen atoms in total. The van der Waals surface area contributed by atoms with E-state index in [1.54, 1.807) is 0 Å². The lowest BCUT2D eigenvalue weighted by Crippen LogP contribution is -2.18. The van der Waals surface area contributed by atoms with Crippen LogP contribution in [0.25, 0.3) is 0 Å². The first-order valence-corrected chi connectivity index (χ1v) is 9.39. The lowest BCUT2D eigenvalue weighted by molar-refractivity contribution is -0.114. The first-order valence-electron chi connectivity index (χ1n) is 7.44. The van der Waals surface area contributed by atoms with Gasteiger partial charge in [-0.15, -0.1) is 11.8 Å². The van der Waals surface area contributed by atoms with Crippen LogP contribution in [0.2, 0.25) is 0 Å². The van der Waals surface area contributed by atoms with Crippen molar-refractivity contribution in [2.24, 2.45) is 0 Å². The molecular formula is C18H19BrN2O2S. The van der Waals surface area contributed by atoms with Crippen LogP contribution in [0, 0.1) is 13.8 Å². The summed E-state index contributed by atoms with van der Waals surface area (Å²) in [6, 6.07) is 13.2. The molecule has 0 aliphatic rings. The third-order valence-corrected chi connectivity index (χ3v) is 5.07. The number of hydrogen-bond donors (Lipinski definition) is 2. The summed E-state index contributed by atoms with van der Waals surface area (Å²) in [5, 5.41) is 5.64. The smallest absolute Gasteiger partial charge is 0.234 e.